The van der Waals surface area contributed by atoms with Crippen LogP contribution in [0, 0.1) is 5.92 Å². The molecule has 1 saturated heterocycles. The second-order valence-electron chi connectivity index (χ2n) is 4.85. The second kappa shape index (κ2) is 6.39. The molecule has 0 spiro atoms. The second-order valence-corrected chi connectivity index (χ2v) is 4.85. The van der Waals surface area contributed by atoms with Crippen LogP contribution in [0.25, 0.3) is 0 Å². The van der Waals surface area contributed by atoms with E-state index in [4.69, 9.17) is 14.2 Å². The van der Waals surface area contributed by atoms with Crippen molar-refractivity contribution in [3.8, 4) is 11.5 Å². The lowest BCUT2D eigenvalue weighted by molar-refractivity contribution is 0.0498. The Morgan fingerprint density at radius 1 is 1.25 bits per heavy atom. The lowest BCUT2D eigenvalue weighted by Gasteiger charge is -2.25. The molecule has 0 N–H and O–H groups in total. The first-order chi connectivity index (χ1) is 9.50. The predicted octanol–water partition coefficient (Wildman–Crippen LogP) is 2.56. The third kappa shape index (κ3) is 3.82. The summed E-state index contributed by atoms with van der Waals surface area (Å²) in [5.41, 5.74) is -0.739. The van der Waals surface area contributed by atoms with E-state index in [1.807, 2.05) is 0 Å². The lowest BCUT2D eigenvalue weighted by atomic mass is 9.79. The number of methoxy groups -OCH3 is 1. The van der Waals surface area contributed by atoms with Gasteiger partial charge >= 0.3 is 6.98 Å². The third-order valence-electron chi connectivity index (χ3n) is 3.39. The summed E-state index contributed by atoms with van der Waals surface area (Å²) in [6.45, 7) is -3.55. The van der Waals surface area contributed by atoms with Crippen LogP contribution in [-0.4, -0.2) is 33.9 Å². The number of halogens is 3. The van der Waals surface area contributed by atoms with Crippen molar-refractivity contribution in [1.29, 1.82) is 0 Å². The molecule has 0 aliphatic carbocycles. The van der Waals surface area contributed by atoms with Crippen LogP contribution in [0.2, 0.25) is 0 Å². The fourth-order valence-corrected chi connectivity index (χ4v) is 2.16. The molecular formula is C13H17BF3O3-. The van der Waals surface area contributed by atoms with Crippen molar-refractivity contribution in [1.82, 2.24) is 0 Å². The summed E-state index contributed by atoms with van der Waals surface area (Å²) in [5, 5.41) is 0. The van der Waals surface area contributed by atoms with Crippen molar-refractivity contribution in [2.24, 2.45) is 5.92 Å². The van der Waals surface area contributed by atoms with E-state index in [-0.39, 0.29) is 24.0 Å². The minimum Gasteiger partial charge on any atom is -0.497 e. The van der Waals surface area contributed by atoms with E-state index >= 15 is 0 Å². The number of hydrogen-bond acceptors (Lipinski definition) is 3. The summed E-state index contributed by atoms with van der Waals surface area (Å²) in [7, 11) is 1.34. The Hall–Kier alpha value is -1.37. The van der Waals surface area contributed by atoms with Crippen molar-refractivity contribution in [2.75, 3.05) is 26.9 Å². The van der Waals surface area contributed by atoms with Gasteiger partial charge in [0.05, 0.1) is 19.5 Å². The van der Waals surface area contributed by atoms with Crippen LogP contribution in [0.15, 0.2) is 18.2 Å². The molecule has 0 saturated carbocycles. The molecule has 0 aromatic heterocycles. The topological polar surface area (TPSA) is 27.7 Å². The summed E-state index contributed by atoms with van der Waals surface area (Å²) in [6, 6.07) is 3.78. The van der Waals surface area contributed by atoms with Crippen LogP contribution < -0.4 is 14.9 Å². The van der Waals surface area contributed by atoms with Crippen LogP contribution in [0.1, 0.15) is 12.8 Å². The zero-order chi connectivity index (χ0) is 14.6. The van der Waals surface area contributed by atoms with Gasteiger partial charge < -0.3 is 27.2 Å². The van der Waals surface area contributed by atoms with Crippen LogP contribution in [0.4, 0.5) is 12.9 Å². The molecule has 0 atom stereocenters. The Labute approximate surface area is 116 Å². The van der Waals surface area contributed by atoms with Crippen molar-refractivity contribution in [2.45, 2.75) is 12.8 Å². The normalized spacial score (nSPS) is 17.0. The smallest absolute Gasteiger partial charge is 0.497 e. The fraction of sp³-hybridized carbons (Fsp3) is 0.538. The Morgan fingerprint density at radius 2 is 1.95 bits per heavy atom. The van der Waals surface area contributed by atoms with Gasteiger partial charge in [-0.05, 0) is 37.0 Å². The fourth-order valence-electron chi connectivity index (χ4n) is 2.16. The molecule has 1 aromatic carbocycles. The van der Waals surface area contributed by atoms with Crippen LogP contribution in [-0.2, 0) is 4.74 Å². The summed E-state index contributed by atoms with van der Waals surface area (Å²) < 4.78 is 54.5. The van der Waals surface area contributed by atoms with Gasteiger partial charge in [0.15, 0.2) is 0 Å². The monoisotopic (exact) mass is 289 g/mol. The van der Waals surface area contributed by atoms with Gasteiger partial charge in [-0.3, -0.25) is 0 Å². The first kappa shape index (κ1) is 15.0. The van der Waals surface area contributed by atoms with Gasteiger partial charge in [0, 0.05) is 13.2 Å². The third-order valence-corrected chi connectivity index (χ3v) is 3.39. The molecule has 0 amide bonds. The number of rotatable bonds is 5. The van der Waals surface area contributed by atoms with Gasteiger partial charge in [0.1, 0.15) is 5.75 Å². The highest BCUT2D eigenvalue weighted by Gasteiger charge is 2.30. The molecule has 0 radical (unpaired) electrons. The Bertz CT molecular complexity index is 445. The largest absolute Gasteiger partial charge is 0.513 e. The molecule has 7 heteroatoms. The Kier molecular flexibility index (Phi) is 4.80. The first-order valence-corrected chi connectivity index (χ1v) is 6.59. The molecule has 1 aliphatic rings. The number of ether oxygens (including phenoxy) is 3. The average molecular weight is 289 g/mol. The lowest BCUT2D eigenvalue weighted by Crippen LogP contribution is -2.36. The molecule has 0 bridgehead atoms. The molecule has 1 fully saturated rings. The zero-order valence-corrected chi connectivity index (χ0v) is 11.3. The van der Waals surface area contributed by atoms with E-state index in [1.54, 1.807) is 0 Å². The molecule has 112 valence electrons. The van der Waals surface area contributed by atoms with Gasteiger partial charge in [-0.2, -0.15) is 0 Å². The summed E-state index contributed by atoms with van der Waals surface area (Å²) >= 11 is 0. The molecule has 20 heavy (non-hydrogen) atoms. The molecule has 1 aromatic rings. The zero-order valence-electron chi connectivity index (χ0n) is 11.3. The highest BCUT2D eigenvalue weighted by molar-refractivity contribution is 6.74. The van der Waals surface area contributed by atoms with E-state index in [1.165, 1.54) is 19.2 Å². The highest BCUT2D eigenvalue weighted by Crippen LogP contribution is 2.24. The van der Waals surface area contributed by atoms with Crippen LogP contribution in [0.3, 0.4) is 0 Å². The van der Waals surface area contributed by atoms with Crippen molar-refractivity contribution >= 4 is 12.4 Å². The molecular weight excluding hydrogens is 272 g/mol. The standard InChI is InChI=1S/C13H17BF3O3/c1-18-11-2-3-13(12(8-11)14(15,16)17)20-9-10-4-6-19-7-5-10/h2-3,8,10H,4-7,9H2,1H3/q-1. The van der Waals surface area contributed by atoms with E-state index in [0.717, 1.165) is 18.9 Å². The molecule has 2 rings (SSSR count). The highest BCUT2D eigenvalue weighted by atomic mass is 19.4. The Morgan fingerprint density at radius 3 is 2.55 bits per heavy atom. The van der Waals surface area contributed by atoms with Gasteiger partial charge in [-0.1, -0.05) is 5.46 Å². The van der Waals surface area contributed by atoms with Crippen LogP contribution in [0.5, 0.6) is 11.5 Å². The van der Waals surface area contributed by atoms with Crippen molar-refractivity contribution < 1.29 is 27.2 Å². The molecule has 1 aliphatic heterocycles. The summed E-state index contributed by atoms with van der Waals surface area (Å²) in [6.07, 6.45) is 1.64. The SMILES string of the molecule is COc1ccc(OCC2CCOCC2)c([B-](F)(F)F)c1. The quantitative estimate of drug-likeness (QED) is 0.780. The van der Waals surface area contributed by atoms with Crippen molar-refractivity contribution in [3.63, 3.8) is 0 Å². The van der Waals surface area contributed by atoms with Gasteiger partial charge in [0.2, 0.25) is 0 Å². The summed E-state index contributed by atoms with van der Waals surface area (Å²) in [5.74, 6) is 0.307. The maximum absolute atomic E-state index is 13.0. The van der Waals surface area contributed by atoms with E-state index in [2.05, 4.69) is 0 Å². The number of benzene rings is 1. The number of hydrogen-bond donors (Lipinski definition) is 0. The minimum atomic E-state index is -5.13. The molecule has 0 unspecified atom stereocenters. The Balaban J connectivity index is 2.09. The van der Waals surface area contributed by atoms with E-state index in [9.17, 15) is 12.9 Å². The van der Waals surface area contributed by atoms with Gasteiger partial charge in [-0.15, -0.1) is 0 Å². The van der Waals surface area contributed by atoms with Gasteiger partial charge in [0.25, 0.3) is 0 Å². The summed E-state index contributed by atoms with van der Waals surface area (Å²) in [4.78, 5) is 0. The predicted molar refractivity (Wildman–Crippen MR) is 70.7 cm³/mol. The molecule has 1 heterocycles. The molecule has 3 nitrogen and oxygen atoms in total. The average Bonchev–Trinajstić information content (AvgIpc) is 2.45. The first-order valence-electron chi connectivity index (χ1n) is 6.59. The minimum absolute atomic E-state index is 0.121. The maximum Gasteiger partial charge on any atom is 0.513 e. The van der Waals surface area contributed by atoms with Gasteiger partial charge in [-0.25, -0.2) is 0 Å². The van der Waals surface area contributed by atoms with Crippen molar-refractivity contribution in [3.05, 3.63) is 18.2 Å². The maximum atomic E-state index is 13.0. The van der Waals surface area contributed by atoms with E-state index in [0.29, 0.717) is 13.2 Å². The van der Waals surface area contributed by atoms with Crippen LogP contribution >= 0.6 is 0 Å². The van der Waals surface area contributed by atoms with E-state index < -0.39 is 12.4 Å².